The summed E-state index contributed by atoms with van der Waals surface area (Å²) in [6.45, 7) is 6.42. The summed E-state index contributed by atoms with van der Waals surface area (Å²) in [5.41, 5.74) is 1.07. The minimum absolute atomic E-state index is 0.0123. The van der Waals surface area contributed by atoms with Crippen molar-refractivity contribution in [1.29, 1.82) is 0 Å². The molecule has 0 radical (unpaired) electrons. The summed E-state index contributed by atoms with van der Waals surface area (Å²) in [6.07, 6.45) is 0. The maximum absolute atomic E-state index is 12.4. The minimum Gasteiger partial charge on any atom is -0.423 e. The molecule has 0 amide bonds. The number of carbonyl (C=O) groups is 2. The average molecular weight is 359 g/mol. The zero-order valence-corrected chi connectivity index (χ0v) is 14.6. The van der Waals surface area contributed by atoms with Crippen LogP contribution in [0.25, 0.3) is 0 Å². The van der Waals surface area contributed by atoms with E-state index in [0.717, 1.165) is 0 Å². The number of hydrogen-bond acceptors (Lipinski definition) is 5. The average Bonchev–Trinajstić information content (AvgIpc) is 2.55. The zero-order chi connectivity index (χ0) is 18.6. The van der Waals surface area contributed by atoms with Crippen LogP contribution in [-0.4, -0.2) is 20.2 Å². The normalized spacial score (nSPS) is 10.8. The minimum atomic E-state index is -3.80. The van der Waals surface area contributed by atoms with Gasteiger partial charge in [0.2, 0.25) is 0 Å². The highest BCUT2D eigenvalue weighted by molar-refractivity contribution is 7.92. The quantitative estimate of drug-likeness (QED) is 0.370. The number of hydrogen-bond donors (Lipinski definition) is 1. The maximum Gasteiger partial charge on any atom is 0.338 e. The molecular formula is C18H17NO5S. The van der Waals surface area contributed by atoms with Crippen LogP contribution in [0.1, 0.15) is 24.2 Å². The van der Waals surface area contributed by atoms with Crippen molar-refractivity contribution < 1.29 is 22.7 Å². The summed E-state index contributed by atoms with van der Waals surface area (Å²) in [7, 11) is -3.80. The number of benzene rings is 2. The third kappa shape index (κ3) is 4.77. The van der Waals surface area contributed by atoms with E-state index >= 15 is 0 Å². The second kappa shape index (κ2) is 7.31. The molecule has 0 spiro atoms. The molecule has 1 N–H and O–H groups in total. The lowest BCUT2D eigenvalue weighted by atomic mass is 10.1. The molecule has 130 valence electrons. The number of ketones is 1. The second-order valence-electron chi connectivity index (χ2n) is 5.38. The third-order valence-corrected chi connectivity index (χ3v) is 4.63. The highest BCUT2D eigenvalue weighted by Gasteiger charge is 2.15. The molecule has 0 bridgehead atoms. The van der Waals surface area contributed by atoms with E-state index in [4.69, 9.17) is 4.74 Å². The highest BCUT2D eigenvalue weighted by Crippen LogP contribution is 2.20. The fourth-order valence-corrected chi connectivity index (χ4v) is 2.93. The van der Waals surface area contributed by atoms with Crippen LogP contribution in [0.3, 0.4) is 0 Å². The predicted molar refractivity (Wildman–Crippen MR) is 94.1 cm³/mol. The van der Waals surface area contributed by atoms with Crippen molar-refractivity contribution in [3.63, 3.8) is 0 Å². The third-order valence-electron chi connectivity index (χ3n) is 3.24. The summed E-state index contributed by atoms with van der Waals surface area (Å²) < 4.78 is 32.2. The number of Topliss-reactive ketones (excluding diaryl/α,β-unsaturated/α-hetero) is 1. The van der Waals surface area contributed by atoms with E-state index in [9.17, 15) is 18.0 Å². The van der Waals surface area contributed by atoms with E-state index in [-0.39, 0.29) is 22.0 Å². The van der Waals surface area contributed by atoms with Crippen LogP contribution in [0.4, 0.5) is 5.69 Å². The standard InChI is InChI=1S/C18H17NO5S/c1-12(2)18(21)24-16-8-10-17(11-9-16)25(22,23)19-15-6-4-14(5-7-15)13(3)20/h4-11,19H,1H2,2-3H3. The molecule has 0 aliphatic heterocycles. The van der Waals surface area contributed by atoms with E-state index in [2.05, 4.69) is 11.3 Å². The van der Waals surface area contributed by atoms with Crippen molar-refractivity contribution in [3.05, 3.63) is 66.2 Å². The SMILES string of the molecule is C=C(C)C(=O)Oc1ccc(S(=O)(=O)Nc2ccc(C(C)=O)cc2)cc1. The monoisotopic (exact) mass is 359 g/mol. The van der Waals surface area contributed by atoms with Crippen molar-refractivity contribution in [2.24, 2.45) is 0 Å². The van der Waals surface area contributed by atoms with Gasteiger partial charge in [-0.1, -0.05) is 6.58 Å². The van der Waals surface area contributed by atoms with Crippen molar-refractivity contribution in [2.45, 2.75) is 18.7 Å². The molecule has 0 fully saturated rings. The molecule has 0 heterocycles. The van der Waals surface area contributed by atoms with Gasteiger partial charge >= 0.3 is 5.97 Å². The van der Waals surface area contributed by atoms with Gasteiger partial charge in [0.15, 0.2) is 5.78 Å². The Morgan fingerprint density at radius 2 is 1.52 bits per heavy atom. The first-order chi connectivity index (χ1) is 11.7. The predicted octanol–water partition coefficient (Wildman–Crippen LogP) is 3.17. The van der Waals surface area contributed by atoms with Gasteiger partial charge in [0, 0.05) is 16.8 Å². The molecule has 7 heteroatoms. The van der Waals surface area contributed by atoms with Crippen molar-refractivity contribution in [3.8, 4) is 5.75 Å². The Balaban J connectivity index is 2.15. The Morgan fingerprint density at radius 3 is 2.00 bits per heavy atom. The van der Waals surface area contributed by atoms with Crippen molar-refractivity contribution >= 4 is 27.5 Å². The molecule has 25 heavy (non-hydrogen) atoms. The lowest BCUT2D eigenvalue weighted by Gasteiger charge is -2.09. The van der Waals surface area contributed by atoms with E-state index in [1.165, 1.54) is 50.2 Å². The van der Waals surface area contributed by atoms with Gasteiger partial charge < -0.3 is 4.74 Å². The molecule has 0 atom stereocenters. The van der Waals surface area contributed by atoms with Crippen LogP contribution < -0.4 is 9.46 Å². The van der Waals surface area contributed by atoms with Gasteiger partial charge in [-0.25, -0.2) is 13.2 Å². The molecule has 0 aliphatic carbocycles. The first-order valence-electron chi connectivity index (χ1n) is 7.30. The Kier molecular flexibility index (Phi) is 5.38. The molecule has 2 aromatic carbocycles. The fraction of sp³-hybridized carbons (Fsp3) is 0.111. The molecular weight excluding hydrogens is 342 g/mol. The van der Waals surface area contributed by atoms with Crippen LogP contribution in [0.15, 0.2) is 65.6 Å². The molecule has 2 aromatic rings. The van der Waals surface area contributed by atoms with E-state index in [1.807, 2.05) is 0 Å². The van der Waals surface area contributed by atoms with Crippen LogP contribution in [0, 0.1) is 0 Å². The molecule has 2 rings (SSSR count). The number of sulfonamides is 1. The Labute approximate surface area is 146 Å². The lowest BCUT2D eigenvalue weighted by molar-refractivity contribution is -0.130. The van der Waals surface area contributed by atoms with Crippen molar-refractivity contribution in [1.82, 2.24) is 0 Å². The Morgan fingerprint density at radius 1 is 0.960 bits per heavy atom. The molecule has 0 aliphatic rings. The zero-order valence-electron chi connectivity index (χ0n) is 13.8. The van der Waals surface area contributed by atoms with Crippen LogP contribution >= 0.6 is 0 Å². The number of ether oxygens (including phenoxy) is 1. The van der Waals surface area contributed by atoms with Gasteiger partial charge in [0.1, 0.15) is 5.75 Å². The van der Waals surface area contributed by atoms with Crippen LogP contribution in [-0.2, 0) is 14.8 Å². The molecule has 6 nitrogen and oxygen atoms in total. The summed E-state index contributed by atoms with van der Waals surface area (Å²) in [6, 6.07) is 11.5. The molecule has 0 aromatic heterocycles. The van der Waals surface area contributed by atoms with Gasteiger partial charge in [0.05, 0.1) is 4.90 Å². The van der Waals surface area contributed by atoms with E-state index in [0.29, 0.717) is 11.3 Å². The number of carbonyl (C=O) groups excluding carboxylic acids is 2. The van der Waals surface area contributed by atoms with E-state index < -0.39 is 16.0 Å². The number of rotatable bonds is 6. The summed E-state index contributed by atoms with van der Waals surface area (Å²) in [5, 5.41) is 0. The maximum atomic E-state index is 12.4. The largest absolute Gasteiger partial charge is 0.423 e. The highest BCUT2D eigenvalue weighted by atomic mass is 32.2. The summed E-state index contributed by atoms with van der Waals surface area (Å²) in [4.78, 5) is 22.7. The molecule has 0 unspecified atom stereocenters. The van der Waals surface area contributed by atoms with Crippen LogP contribution in [0.2, 0.25) is 0 Å². The van der Waals surface area contributed by atoms with Crippen molar-refractivity contribution in [2.75, 3.05) is 4.72 Å². The lowest BCUT2D eigenvalue weighted by Crippen LogP contribution is -2.13. The van der Waals surface area contributed by atoms with Gasteiger partial charge in [-0.3, -0.25) is 9.52 Å². The van der Waals surface area contributed by atoms with Gasteiger partial charge in [-0.2, -0.15) is 0 Å². The molecule has 0 saturated heterocycles. The number of anilines is 1. The second-order valence-corrected chi connectivity index (χ2v) is 7.06. The van der Waals surface area contributed by atoms with Gasteiger partial charge in [-0.05, 0) is 62.4 Å². The summed E-state index contributed by atoms with van der Waals surface area (Å²) >= 11 is 0. The first kappa shape index (κ1) is 18.4. The smallest absolute Gasteiger partial charge is 0.338 e. The summed E-state index contributed by atoms with van der Waals surface area (Å²) in [5.74, 6) is -0.466. The number of nitrogens with one attached hydrogen (secondary N) is 1. The fourth-order valence-electron chi connectivity index (χ4n) is 1.87. The van der Waals surface area contributed by atoms with E-state index in [1.54, 1.807) is 12.1 Å². The Hall–Kier alpha value is -2.93. The Bertz CT molecular complexity index is 913. The first-order valence-corrected chi connectivity index (χ1v) is 8.79. The van der Waals surface area contributed by atoms with Crippen LogP contribution in [0.5, 0.6) is 5.75 Å². The topological polar surface area (TPSA) is 89.5 Å². The van der Waals surface area contributed by atoms with Gasteiger partial charge in [0.25, 0.3) is 10.0 Å². The number of esters is 1. The molecule has 0 saturated carbocycles. The van der Waals surface area contributed by atoms with Gasteiger partial charge in [-0.15, -0.1) is 0 Å².